The summed E-state index contributed by atoms with van der Waals surface area (Å²) in [5, 5.41) is 6.26. The molecule has 0 saturated heterocycles. The monoisotopic (exact) mass is 281 g/mol. The minimum atomic E-state index is -0.329. The van der Waals surface area contributed by atoms with Gasteiger partial charge in [-0.15, -0.1) is 0 Å². The molecule has 0 fully saturated rings. The highest BCUT2D eigenvalue weighted by molar-refractivity contribution is 6.04. The fourth-order valence-corrected chi connectivity index (χ4v) is 2.60. The number of amides is 1. The standard InChI is InChI=1S/C17H19N3O/c1-11-10-12(20(2)3)8-9-14(11)18-16-13-6-4-5-7-15(13)19-17(16)21/h4-10,16,18H,1-3H3,(H,19,21). The first-order chi connectivity index (χ1) is 10.1. The van der Waals surface area contributed by atoms with Crippen LogP contribution >= 0.6 is 0 Å². The van der Waals surface area contributed by atoms with Gasteiger partial charge in [-0.1, -0.05) is 18.2 Å². The molecule has 0 radical (unpaired) electrons. The lowest BCUT2D eigenvalue weighted by molar-refractivity contribution is -0.116. The van der Waals surface area contributed by atoms with Gasteiger partial charge in [0.15, 0.2) is 0 Å². The molecule has 0 bridgehead atoms. The molecule has 0 spiro atoms. The zero-order chi connectivity index (χ0) is 15.0. The van der Waals surface area contributed by atoms with E-state index in [4.69, 9.17) is 0 Å². The van der Waals surface area contributed by atoms with Crippen LogP contribution in [0.5, 0.6) is 0 Å². The van der Waals surface area contributed by atoms with E-state index in [1.165, 1.54) is 0 Å². The van der Waals surface area contributed by atoms with Crippen LogP contribution < -0.4 is 15.5 Å². The smallest absolute Gasteiger partial charge is 0.251 e. The highest BCUT2D eigenvalue weighted by atomic mass is 16.2. The minimum Gasteiger partial charge on any atom is -0.378 e. The van der Waals surface area contributed by atoms with Gasteiger partial charge in [-0.2, -0.15) is 0 Å². The Labute approximate surface area is 124 Å². The Bertz CT molecular complexity index is 694. The van der Waals surface area contributed by atoms with Crippen LogP contribution in [0.2, 0.25) is 0 Å². The van der Waals surface area contributed by atoms with Gasteiger partial charge in [-0.05, 0) is 36.8 Å². The normalized spacial score (nSPS) is 16.3. The summed E-state index contributed by atoms with van der Waals surface area (Å²) in [5.41, 5.74) is 5.14. The Kier molecular flexibility index (Phi) is 3.29. The predicted octanol–water partition coefficient (Wildman–Crippen LogP) is 3.17. The van der Waals surface area contributed by atoms with Crippen molar-refractivity contribution in [2.75, 3.05) is 29.6 Å². The number of carbonyl (C=O) groups excluding carboxylic acids is 1. The third-order valence-electron chi connectivity index (χ3n) is 3.82. The van der Waals surface area contributed by atoms with Gasteiger partial charge in [-0.25, -0.2) is 0 Å². The molecular weight excluding hydrogens is 262 g/mol. The first-order valence-corrected chi connectivity index (χ1v) is 7.00. The van der Waals surface area contributed by atoms with Crippen LogP contribution in [0.25, 0.3) is 0 Å². The zero-order valence-electron chi connectivity index (χ0n) is 12.5. The molecule has 21 heavy (non-hydrogen) atoms. The maximum absolute atomic E-state index is 12.1. The lowest BCUT2D eigenvalue weighted by atomic mass is 10.1. The highest BCUT2D eigenvalue weighted by Crippen LogP contribution is 2.34. The van der Waals surface area contributed by atoms with E-state index in [0.717, 1.165) is 28.2 Å². The van der Waals surface area contributed by atoms with Gasteiger partial charge in [0.2, 0.25) is 0 Å². The second kappa shape index (κ2) is 5.13. The predicted molar refractivity (Wildman–Crippen MR) is 86.9 cm³/mol. The average molecular weight is 281 g/mol. The maximum atomic E-state index is 12.1. The van der Waals surface area contributed by atoms with E-state index in [9.17, 15) is 4.79 Å². The first-order valence-electron chi connectivity index (χ1n) is 7.00. The Morgan fingerprint density at radius 3 is 2.62 bits per heavy atom. The summed E-state index contributed by atoms with van der Waals surface area (Å²) in [4.78, 5) is 14.2. The Morgan fingerprint density at radius 1 is 1.14 bits per heavy atom. The molecule has 108 valence electrons. The molecule has 3 rings (SSSR count). The van der Waals surface area contributed by atoms with Crippen LogP contribution in [0, 0.1) is 6.92 Å². The van der Waals surface area contributed by atoms with Crippen molar-refractivity contribution in [3.63, 3.8) is 0 Å². The van der Waals surface area contributed by atoms with E-state index in [1.807, 2.05) is 57.4 Å². The molecule has 1 unspecified atom stereocenters. The number of benzene rings is 2. The molecule has 0 aromatic heterocycles. The summed E-state index contributed by atoms with van der Waals surface area (Å²) in [6, 6.07) is 13.7. The fourth-order valence-electron chi connectivity index (χ4n) is 2.60. The number of rotatable bonds is 3. The van der Waals surface area contributed by atoms with Crippen LogP contribution in [-0.4, -0.2) is 20.0 Å². The van der Waals surface area contributed by atoms with E-state index < -0.39 is 0 Å². The third-order valence-corrected chi connectivity index (χ3v) is 3.82. The van der Waals surface area contributed by atoms with Gasteiger partial charge in [0, 0.05) is 36.7 Å². The van der Waals surface area contributed by atoms with Crippen LogP contribution in [0.4, 0.5) is 17.1 Å². The van der Waals surface area contributed by atoms with Crippen LogP contribution in [0.15, 0.2) is 42.5 Å². The van der Waals surface area contributed by atoms with Crippen molar-refractivity contribution in [1.29, 1.82) is 0 Å². The van der Waals surface area contributed by atoms with Gasteiger partial charge in [0.1, 0.15) is 6.04 Å². The Hall–Kier alpha value is -2.49. The lowest BCUT2D eigenvalue weighted by Crippen LogP contribution is -2.20. The average Bonchev–Trinajstić information content (AvgIpc) is 2.77. The molecule has 1 amide bonds. The largest absolute Gasteiger partial charge is 0.378 e. The van der Waals surface area contributed by atoms with Crippen molar-refractivity contribution in [3.05, 3.63) is 53.6 Å². The summed E-state index contributed by atoms with van der Waals surface area (Å²) in [6.07, 6.45) is 0. The quantitative estimate of drug-likeness (QED) is 0.908. The Balaban J connectivity index is 1.89. The summed E-state index contributed by atoms with van der Waals surface area (Å²) in [6.45, 7) is 2.05. The van der Waals surface area contributed by atoms with E-state index in [0.29, 0.717) is 0 Å². The second-order valence-electron chi connectivity index (χ2n) is 5.55. The fraction of sp³-hybridized carbons (Fsp3) is 0.235. The number of nitrogens with zero attached hydrogens (tertiary/aromatic N) is 1. The number of para-hydroxylation sites is 1. The van der Waals surface area contributed by atoms with Crippen molar-refractivity contribution in [3.8, 4) is 0 Å². The van der Waals surface area contributed by atoms with Gasteiger partial charge in [-0.3, -0.25) is 4.79 Å². The van der Waals surface area contributed by atoms with Gasteiger partial charge < -0.3 is 15.5 Å². The summed E-state index contributed by atoms with van der Waals surface area (Å²) in [7, 11) is 4.03. The molecule has 2 N–H and O–H groups in total. The van der Waals surface area contributed by atoms with Gasteiger partial charge in [0.05, 0.1) is 0 Å². The van der Waals surface area contributed by atoms with Gasteiger partial charge >= 0.3 is 0 Å². The van der Waals surface area contributed by atoms with Crippen LogP contribution in [0.3, 0.4) is 0 Å². The highest BCUT2D eigenvalue weighted by Gasteiger charge is 2.30. The molecule has 4 heteroatoms. The number of hydrogen-bond acceptors (Lipinski definition) is 3. The number of hydrogen-bond donors (Lipinski definition) is 2. The van der Waals surface area contributed by atoms with E-state index >= 15 is 0 Å². The molecule has 0 aliphatic carbocycles. The van der Waals surface area contributed by atoms with E-state index in [-0.39, 0.29) is 11.9 Å². The van der Waals surface area contributed by atoms with E-state index in [1.54, 1.807) is 0 Å². The summed E-state index contributed by atoms with van der Waals surface area (Å²) >= 11 is 0. The van der Waals surface area contributed by atoms with Crippen LogP contribution in [0.1, 0.15) is 17.2 Å². The molecule has 4 nitrogen and oxygen atoms in total. The van der Waals surface area contributed by atoms with Crippen molar-refractivity contribution >= 4 is 23.0 Å². The molecule has 0 saturated carbocycles. The van der Waals surface area contributed by atoms with Crippen molar-refractivity contribution in [2.45, 2.75) is 13.0 Å². The molecule has 1 atom stereocenters. The summed E-state index contributed by atoms with van der Waals surface area (Å²) in [5.74, 6) is -0.00714. The second-order valence-corrected chi connectivity index (χ2v) is 5.55. The molecule has 1 aliphatic heterocycles. The van der Waals surface area contributed by atoms with Crippen molar-refractivity contribution in [1.82, 2.24) is 0 Å². The minimum absolute atomic E-state index is 0.00714. The van der Waals surface area contributed by atoms with E-state index in [2.05, 4.69) is 21.6 Å². The number of nitrogens with one attached hydrogen (secondary N) is 2. The first kappa shape index (κ1) is 13.5. The van der Waals surface area contributed by atoms with Crippen molar-refractivity contribution in [2.24, 2.45) is 0 Å². The SMILES string of the molecule is Cc1cc(N(C)C)ccc1NC1C(=O)Nc2ccccc21. The Morgan fingerprint density at radius 2 is 1.90 bits per heavy atom. The molecule has 1 heterocycles. The number of carbonyl (C=O) groups is 1. The van der Waals surface area contributed by atoms with Crippen LogP contribution in [-0.2, 0) is 4.79 Å². The summed E-state index contributed by atoms with van der Waals surface area (Å²) < 4.78 is 0. The van der Waals surface area contributed by atoms with Gasteiger partial charge in [0.25, 0.3) is 5.91 Å². The third kappa shape index (κ3) is 2.44. The number of anilines is 3. The molecule has 1 aliphatic rings. The molecular formula is C17H19N3O. The molecule has 2 aromatic carbocycles. The lowest BCUT2D eigenvalue weighted by Gasteiger charge is -2.18. The number of aryl methyl sites for hydroxylation is 1. The van der Waals surface area contributed by atoms with Crippen molar-refractivity contribution < 1.29 is 4.79 Å². The zero-order valence-corrected chi connectivity index (χ0v) is 12.5. The molecule has 2 aromatic rings. The number of fused-ring (bicyclic) bond motifs is 1. The topological polar surface area (TPSA) is 44.4 Å². The maximum Gasteiger partial charge on any atom is 0.251 e.